The number of amides is 3. The van der Waals surface area contributed by atoms with Gasteiger partial charge in [-0.1, -0.05) is 18.2 Å². The number of hydrazine groups is 1. The first-order valence-corrected chi connectivity index (χ1v) is 12.8. The molecule has 1 saturated heterocycles. The summed E-state index contributed by atoms with van der Waals surface area (Å²) in [5, 5.41) is 13.5. The number of nitrogens with zero attached hydrogens (tertiary/aromatic N) is 5. The predicted octanol–water partition coefficient (Wildman–Crippen LogP) is 2.76. The molecule has 4 aromatic rings. The summed E-state index contributed by atoms with van der Waals surface area (Å²) < 4.78 is 1.78. The molecule has 1 aromatic carbocycles. The highest BCUT2D eigenvalue weighted by molar-refractivity contribution is 7.09. The Morgan fingerprint density at radius 3 is 2.41 bits per heavy atom. The molecule has 3 amide bonds. The number of piperidine rings is 1. The lowest BCUT2D eigenvalue weighted by atomic mass is 9.97. The average molecular weight is 519 g/mol. The molecule has 190 valence electrons. The highest BCUT2D eigenvalue weighted by Gasteiger charge is 2.28. The zero-order valence-electron chi connectivity index (χ0n) is 20.4. The molecular weight excluding hydrogens is 492 g/mol. The first kappa shape index (κ1) is 24.4. The third kappa shape index (κ3) is 5.14. The van der Waals surface area contributed by atoms with Crippen LogP contribution in [0.25, 0.3) is 5.69 Å². The summed E-state index contributed by atoms with van der Waals surface area (Å²) in [5.74, 6) is -0.887. The van der Waals surface area contributed by atoms with Gasteiger partial charge >= 0.3 is 0 Å². The topological polar surface area (TPSA) is 138 Å². The fourth-order valence-electron chi connectivity index (χ4n) is 4.30. The van der Waals surface area contributed by atoms with Gasteiger partial charge in [0.15, 0.2) is 5.69 Å². The van der Waals surface area contributed by atoms with Gasteiger partial charge in [0.05, 0.1) is 28.1 Å². The van der Waals surface area contributed by atoms with Crippen molar-refractivity contribution in [1.82, 2.24) is 40.7 Å². The van der Waals surface area contributed by atoms with Gasteiger partial charge in [-0.2, -0.15) is 10.2 Å². The molecule has 12 heteroatoms. The third-order valence-electron chi connectivity index (χ3n) is 6.36. The molecule has 1 aliphatic heterocycles. The van der Waals surface area contributed by atoms with E-state index in [2.05, 4.69) is 31.1 Å². The molecule has 37 heavy (non-hydrogen) atoms. The number of hydrogen-bond donors (Lipinski definition) is 3. The fourth-order valence-corrected chi connectivity index (χ4v) is 5.28. The van der Waals surface area contributed by atoms with Crippen LogP contribution in [0.2, 0.25) is 0 Å². The Bertz CT molecular complexity index is 1430. The van der Waals surface area contributed by atoms with Gasteiger partial charge in [-0.15, -0.1) is 11.3 Å². The number of rotatable bonds is 5. The molecule has 0 atom stereocenters. The zero-order chi connectivity index (χ0) is 25.9. The normalized spacial score (nSPS) is 13.9. The van der Waals surface area contributed by atoms with Crippen molar-refractivity contribution >= 4 is 29.1 Å². The first-order valence-electron chi connectivity index (χ1n) is 11.9. The molecule has 0 unspecified atom stereocenters. The van der Waals surface area contributed by atoms with Crippen LogP contribution < -0.4 is 10.9 Å². The lowest BCUT2D eigenvalue weighted by molar-refractivity contribution is 0.0712. The Labute approximate surface area is 216 Å². The minimum Gasteiger partial charge on any atom is -0.338 e. The van der Waals surface area contributed by atoms with Gasteiger partial charge in [0.1, 0.15) is 5.69 Å². The first-order chi connectivity index (χ1) is 17.9. The van der Waals surface area contributed by atoms with Gasteiger partial charge < -0.3 is 4.90 Å². The smallest absolute Gasteiger partial charge is 0.290 e. The number of aryl methyl sites for hydroxylation is 1. The van der Waals surface area contributed by atoms with Gasteiger partial charge in [-0.25, -0.2) is 9.67 Å². The monoisotopic (exact) mass is 518 g/mol. The number of nitrogens with one attached hydrogen (secondary N) is 3. The Morgan fingerprint density at radius 1 is 1.03 bits per heavy atom. The van der Waals surface area contributed by atoms with Gasteiger partial charge in [0.2, 0.25) is 0 Å². The second kappa shape index (κ2) is 10.3. The quantitative estimate of drug-likeness (QED) is 0.348. The molecular formula is C25H26N8O3S. The number of aromatic amines is 1. The van der Waals surface area contributed by atoms with Crippen LogP contribution in [-0.2, 0) is 0 Å². The molecule has 1 fully saturated rings. The fraction of sp³-hybridized carbons (Fsp3) is 0.280. The molecule has 0 saturated carbocycles. The number of carbonyl (C=O) groups excluding carboxylic acids is 3. The summed E-state index contributed by atoms with van der Waals surface area (Å²) in [6.07, 6.45) is 3.14. The molecule has 3 aromatic heterocycles. The minimum atomic E-state index is -0.519. The van der Waals surface area contributed by atoms with Gasteiger partial charge in [-0.3, -0.25) is 30.3 Å². The van der Waals surface area contributed by atoms with Crippen LogP contribution in [0.4, 0.5) is 0 Å². The molecule has 0 bridgehead atoms. The zero-order valence-corrected chi connectivity index (χ0v) is 21.2. The summed E-state index contributed by atoms with van der Waals surface area (Å²) in [6, 6.07) is 11.3. The van der Waals surface area contributed by atoms with E-state index >= 15 is 0 Å². The lowest BCUT2D eigenvalue weighted by Crippen LogP contribution is -2.42. The van der Waals surface area contributed by atoms with E-state index in [1.807, 2.05) is 42.2 Å². The van der Waals surface area contributed by atoms with Gasteiger partial charge in [0.25, 0.3) is 17.7 Å². The van der Waals surface area contributed by atoms with E-state index in [9.17, 15) is 14.4 Å². The second-order valence-electron chi connectivity index (χ2n) is 8.87. The van der Waals surface area contributed by atoms with E-state index in [1.165, 1.54) is 11.3 Å². The minimum absolute atomic E-state index is 0.0276. The molecule has 5 rings (SSSR count). The maximum Gasteiger partial charge on any atom is 0.290 e. The number of thiazole rings is 1. The highest BCUT2D eigenvalue weighted by Crippen LogP contribution is 2.31. The maximum atomic E-state index is 13.2. The Hall–Kier alpha value is -4.32. The number of H-pyrrole nitrogens is 1. The van der Waals surface area contributed by atoms with Crippen molar-refractivity contribution in [2.45, 2.75) is 32.6 Å². The van der Waals surface area contributed by atoms with Crippen LogP contribution in [0.3, 0.4) is 0 Å². The summed E-state index contributed by atoms with van der Waals surface area (Å²) >= 11 is 1.41. The second-order valence-corrected chi connectivity index (χ2v) is 9.76. The van der Waals surface area contributed by atoms with E-state index < -0.39 is 11.8 Å². The maximum absolute atomic E-state index is 13.2. The van der Waals surface area contributed by atoms with E-state index in [0.717, 1.165) is 34.9 Å². The molecule has 4 heterocycles. The SMILES string of the molecule is Cc1cc(C(=O)NNC(=O)c2csc(C3CCN(C(=O)c4cnn(-c5ccccc5)c4C)CC3)n2)n[nH]1. The van der Waals surface area contributed by atoms with Crippen LogP contribution in [0, 0.1) is 13.8 Å². The molecule has 0 radical (unpaired) electrons. The van der Waals surface area contributed by atoms with Crippen molar-refractivity contribution in [3.05, 3.63) is 81.3 Å². The van der Waals surface area contributed by atoms with E-state index in [1.54, 1.807) is 29.2 Å². The molecule has 3 N–H and O–H groups in total. The molecule has 0 aliphatic carbocycles. The Kier molecular flexibility index (Phi) is 6.82. The molecule has 1 aliphatic rings. The van der Waals surface area contributed by atoms with Crippen molar-refractivity contribution in [1.29, 1.82) is 0 Å². The molecule has 0 spiro atoms. The number of likely N-dealkylation sites (tertiary alicyclic amines) is 1. The number of para-hydroxylation sites is 1. The summed E-state index contributed by atoms with van der Waals surface area (Å²) in [5.41, 5.74) is 8.20. The number of hydrogen-bond acceptors (Lipinski definition) is 7. The van der Waals surface area contributed by atoms with Crippen LogP contribution in [-0.4, -0.2) is 60.7 Å². The van der Waals surface area contributed by atoms with Crippen molar-refractivity contribution < 1.29 is 14.4 Å². The highest BCUT2D eigenvalue weighted by atomic mass is 32.1. The average Bonchev–Trinajstić information content (AvgIpc) is 3.67. The summed E-state index contributed by atoms with van der Waals surface area (Å²) in [4.78, 5) is 44.0. The predicted molar refractivity (Wildman–Crippen MR) is 137 cm³/mol. The van der Waals surface area contributed by atoms with Crippen LogP contribution >= 0.6 is 11.3 Å². The third-order valence-corrected chi connectivity index (χ3v) is 7.36. The lowest BCUT2D eigenvalue weighted by Gasteiger charge is -2.31. The summed E-state index contributed by atoms with van der Waals surface area (Å²) in [7, 11) is 0. The van der Waals surface area contributed by atoms with E-state index in [0.29, 0.717) is 18.7 Å². The largest absolute Gasteiger partial charge is 0.338 e. The van der Waals surface area contributed by atoms with E-state index in [-0.39, 0.29) is 23.2 Å². The van der Waals surface area contributed by atoms with Crippen molar-refractivity contribution in [2.24, 2.45) is 0 Å². The van der Waals surface area contributed by atoms with Crippen LogP contribution in [0.5, 0.6) is 0 Å². The Morgan fingerprint density at radius 2 is 1.73 bits per heavy atom. The van der Waals surface area contributed by atoms with Crippen molar-refractivity contribution in [3.63, 3.8) is 0 Å². The van der Waals surface area contributed by atoms with Crippen molar-refractivity contribution in [3.8, 4) is 5.69 Å². The van der Waals surface area contributed by atoms with Crippen LogP contribution in [0.1, 0.15) is 66.5 Å². The Balaban J connectivity index is 1.15. The van der Waals surface area contributed by atoms with Crippen LogP contribution in [0.15, 0.2) is 48.0 Å². The van der Waals surface area contributed by atoms with Crippen molar-refractivity contribution in [2.75, 3.05) is 13.1 Å². The van der Waals surface area contributed by atoms with Gasteiger partial charge in [-0.05, 0) is 44.9 Å². The number of aromatic nitrogens is 5. The number of carbonyl (C=O) groups is 3. The van der Waals surface area contributed by atoms with E-state index in [4.69, 9.17) is 0 Å². The number of benzene rings is 1. The molecule has 11 nitrogen and oxygen atoms in total. The van der Waals surface area contributed by atoms with Gasteiger partial charge in [0, 0.05) is 30.1 Å². The standard InChI is InChI=1S/C25H26N8O3S/c1-15-12-20(29-28-15)22(34)30-31-23(35)21-14-37-24(27-21)17-8-10-32(11-9-17)25(36)19-13-26-33(16(19)2)18-6-4-3-5-7-18/h3-7,12-14,17H,8-11H2,1-2H3,(H,28,29)(H,30,34)(H,31,35). The summed E-state index contributed by atoms with van der Waals surface area (Å²) in [6.45, 7) is 4.88.